The first kappa shape index (κ1) is 9.52. The molecule has 1 fully saturated rings. The van der Waals surface area contributed by atoms with Crippen molar-refractivity contribution in [2.45, 2.75) is 38.7 Å². The van der Waals surface area contributed by atoms with Gasteiger partial charge in [0.15, 0.2) is 0 Å². The van der Waals surface area contributed by atoms with Crippen LogP contribution >= 0.6 is 0 Å². The Hall–Kier alpha value is -0.570. The fourth-order valence-electron chi connectivity index (χ4n) is 1.72. The fourth-order valence-corrected chi connectivity index (χ4v) is 1.72. The molecule has 1 rings (SSSR count). The van der Waals surface area contributed by atoms with Crippen molar-refractivity contribution in [3.8, 4) is 0 Å². The van der Waals surface area contributed by atoms with Gasteiger partial charge < -0.3 is 10.4 Å². The molecule has 0 aromatic carbocycles. The van der Waals surface area contributed by atoms with E-state index in [4.69, 9.17) is 0 Å². The van der Waals surface area contributed by atoms with Gasteiger partial charge in [-0.05, 0) is 26.2 Å². The second-order valence-electron chi connectivity index (χ2n) is 3.41. The van der Waals surface area contributed by atoms with E-state index in [1.807, 2.05) is 6.92 Å². The van der Waals surface area contributed by atoms with Crippen molar-refractivity contribution in [3.63, 3.8) is 0 Å². The van der Waals surface area contributed by atoms with E-state index < -0.39 is 0 Å². The lowest BCUT2D eigenvalue weighted by Crippen LogP contribution is -2.34. The smallest absolute Gasteiger partial charge is 0.223 e. The van der Waals surface area contributed by atoms with Gasteiger partial charge in [0.25, 0.3) is 0 Å². The lowest BCUT2D eigenvalue weighted by atomic mass is 9.87. The zero-order valence-electron chi connectivity index (χ0n) is 7.55. The Bertz CT molecular complexity index is 159. The van der Waals surface area contributed by atoms with E-state index in [0.29, 0.717) is 13.0 Å². The summed E-state index contributed by atoms with van der Waals surface area (Å²) in [7, 11) is 0. The summed E-state index contributed by atoms with van der Waals surface area (Å²) in [6.07, 6.45) is 3.15. The first-order chi connectivity index (χ1) is 5.74. The van der Waals surface area contributed by atoms with Gasteiger partial charge in [0.2, 0.25) is 5.91 Å². The molecule has 0 aromatic heterocycles. The van der Waals surface area contributed by atoms with E-state index in [2.05, 4.69) is 5.32 Å². The summed E-state index contributed by atoms with van der Waals surface area (Å²) in [6.45, 7) is 2.60. The van der Waals surface area contributed by atoms with Crippen LogP contribution in [0.4, 0.5) is 0 Å². The third-order valence-corrected chi connectivity index (χ3v) is 2.37. The van der Waals surface area contributed by atoms with Crippen molar-refractivity contribution in [2.75, 3.05) is 6.54 Å². The standard InChI is InChI=1S/C9H17NO2/c1-2-10-9(12)7-4-3-5-8(11)6-7/h7-8,11H,2-6H2,1H3,(H,10,12). The molecule has 12 heavy (non-hydrogen) atoms. The number of nitrogens with one attached hydrogen (secondary N) is 1. The molecule has 0 saturated heterocycles. The first-order valence-corrected chi connectivity index (χ1v) is 4.69. The van der Waals surface area contributed by atoms with Gasteiger partial charge >= 0.3 is 0 Å². The third-order valence-electron chi connectivity index (χ3n) is 2.37. The minimum atomic E-state index is -0.258. The molecule has 1 aliphatic rings. The van der Waals surface area contributed by atoms with Crippen LogP contribution in [0.5, 0.6) is 0 Å². The summed E-state index contributed by atoms with van der Waals surface area (Å²) < 4.78 is 0. The molecule has 0 bridgehead atoms. The summed E-state index contributed by atoms with van der Waals surface area (Å²) in [6, 6.07) is 0. The van der Waals surface area contributed by atoms with Crippen molar-refractivity contribution in [1.29, 1.82) is 0 Å². The van der Waals surface area contributed by atoms with Gasteiger partial charge in [-0.25, -0.2) is 0 Å². The Morgan fingerprint density at radius 2 is 2.33 bits per heavy atom. The number of rotatable bonds is 2. The van der Waals surface area contributed by atoms with Crippen molar-refractivity contribution in [3.05, 3.63) is 0 Å². The predicted octanol–water partition coefficient (Wildman–Crippen LogP) is 0.674. The zero-order valence-corrected chi connectivity index (χ0v) is 7.55. The predicted molar refractivity (Wildman–Crippen MR) is 46.6 cm³/mol. The van der Waals surface area contributed by atoms with Crippen LogP contribution in [-0.4, -0.2) is 23.7 Å². The molecular weight excluding hydrogens is 154 g/mol. The zero-order chi connectivity index (χ0) is 8.97. The van der Waals surface area contributed by atoms with E-state index in [1.165, 1.54) is 0 Å². The SMILES string of the molecule is CCNC(=O)C1CCCC(O)C1. The Morgan fingerprint density at radius 1 is 1.58 bits per heavy atom. The molecule has 2 N–H and O–H groups in total. The highest BCUT2D eigenvalue weighted by Crippen LogP contribution is 2.23. The average molecular weight is 171 g/mol. The van der Waals surface area contributed by atoms with E-state index in [9.17, 15) is 9.90 Å². The Labute approximate surface area is 73.2 Å². The van der Waals surface area contributed by atoms with E-state index in [-0.39, 0.29) is 17.9 Å². The first-order valence-electron chi connectivity index (χ1n) is 4.69. The molecule has 3 heteroatoms. The highest BCUT2D eigenvalue weighted by Gasteiger charge is 2.25. The van der Waals surface area contributed by atoms with Gasteiger partial charge in [0.1, 0.15) is 0 Å². The van der Waals surface area contributed by atoms with Crippen molar-refractivity contribution in [1.82, 2.24) is 5.32 Å². The molecule has 0 radical (unpaired) electrons. The van der Waals surface area contributed by atoms with Crippen LogP contribution in [0.3, 0.4) is 0 Å². The number of carbonyl (C=O) groups is 1. The lowest BCUT2D eigenvalue weighted by Gasteiger charge is -2.24. The van der Waals surface area contributed by atoms with Gasteiger partial charge in [-0.2, -0.15) is 0 Å². The molecule has 1 amide bonds. The van der Waals surface area contributed by atoms with Gasteiger partial charge in [-0.1, -0.05) is 6.42 Å². The van der Waals surface area contributed by atoms with Crippen molar-refractivity contribution < 1.29 is 9.90 Å². The van der Waals surface area contributed by atoms with E-state index >= 15 is 0 Å². The van der Waals surface area contributed by atoms with E-state index in [0.717, 1.165) is 19.3 Å². The van der Waals surface area contributed by atoms with Crippen LogP contribution in [0.15, 0.2) is 0 Å². The van der Waals surface area contributed by atoms with E-state index in [1.54, 1.807) is 0 Å². The number of aliphatic hydroxyl groups is 1. The summed E-state index contributed by atoms with van der Waals surface area (Å²) in [5.74, 6) is 0.157. The average Bonchev–Trinajstić information content (AvgIpc) is 2.05. The quantitative estimate of drug-likeness (QED) is 0.641. The molecule has 2 atom stereocenters. The largest absolute Gasteiger partial charge is 0.393 e. The van der Waals surface area contributed by atoms with Crippen LogP contribution in [0.2, 0.25) is 0 Å². The number of carbonyl (C=O) groups excluding carboxylic acids is 1. The normalized spacial score (nSPS) is 29.8. The maximum atomic E-state index is 11.3. The molecule has 0 aliphatic heterocycles. The summed E-state index contributed by atoms with van der Waals surface area (Å²) in [4.78, 5) is 11.3. The molecule has 3 nitrogen and oxygen atoms in total. The second-order valence-corrected chi connectivity index (χ2v) is 3.41. The topological polar surface area (TPSA) is 49.3 Å². The minimum Gasteiger partial charge on any atom is -0.393 e. The monoisotopic (exact) mass is 171 g/mol. The van der Waals surface area contributed by atoms with Gasteiger partial charge in [0.05, 0.1) is 6.10 Å². The van der Waals surface area contributed by atoms with Crippen molar-refractivity contribution >= 4 is 5.91 Å². The van der Waals surface area contributed by atoms with Gasteiger partial charge in [-0.15, -0.1) is 0 Å². The summed E-state index contributed by atoms with van der Waals surface area (Å²) >= 11 is 0. The second kappa shape index (κ2) is 4.45. The number of hydrogen-bond acceptors (Lipinski definition) is 2. The lowest BCUT2D eigenvalue weighted by molar-refractivity contribution is -0.127. The molecular formula is C9H17NO2. The number of aliphatic hydroxyl groups excluding tert-OH is 1. The molecule has 0 spiro atoms. The van der Waals surface area contributed by atoms with Crippen LogP contribution in [0.25, 0.3) is 0 Å². The number of amides is 1. The molecule has 2 unspecified atom stereocenters. The highest BCUT2D eigenvalue weighted by molar-refractivity contribution is 5.78. The molecule has 0 heterocycles. The van der Waals surface area contributed by atoms with Crippen LogP contribution in [-0.2, 0) is 4.79 Å². The van der Waals surface area contributed by atoms with Gasteiger partial charge in [0, 0.05) is 12.5 Å². The third kappa shape index (κ3) is 2.48. The van der Waals surface area contributed by atoms with Crippen LogP contribution in [0.1, 0.15) is 32.6 Å². The molecule has 70 valence electrons. The fraction of sp³-hybridized carbons (Fsp3) is 0.889. The van der Waals surface area contributed by atoms with Crippen LogP contribution < -0.4 is 5.32 Å². The Morgan fingerprint density at radius 3 is 2.92 bits per heavy atom. The maximum Gasteiger partial charge on any atom is 0.223 e. The summed E-state index contributed by atoms with van der Waals surface area (Å²) in [5.41, 5.74) is 0. The Kier molecular flexibility index (Phi) is 3.53. The highest BCUT2D eigenvalue weighted by atomic mass is 16.3. The molecule has 0 aromatic rings. The maximum absolute atomic E-state index is 11.3. The van der Waals surface area contributed by atoms with Crippen molar-refractivity contribution in [2.24, 2.45) is 5.92 Å². The summed E-state index contributed by atoms with van der Waals surface area (Å²) in [5, 5.41) is 12.1. The molecule has 1 saturated carbocycles. The number of hydrogen-bond donors (Lipinski definition) is 2. The molecule has 1 aliphatic carbocycles. The minimum absolute atomic E-state index is 0.0497. The van der Waals surface area contributed by atoms with Crippen LogP contribution in [0, 0.1) is 5.92 Å². The van der Waals surface area contributed by atoms with Gasteiger partial charge in [-0.3, -0.25) is 4.79 Å². The Balaban J connectivity index is 2.35.